The minimum absolute atomic E-state index is 0.541. The zero-order valence-corrected chi connectivity index (χ0v) is 6.54. The van der Waals surface area contributed by atoms with E-state index in [1.807, 2.05) is 11.4 Å². The Morgan fingerprint density at radius 1 is 1.60 bits per heavy atom. The third kappa shape index (κ3) is 0.805. The number of rotatable bonds is 0. The number of halogens is 1. The lowest BCUT2D eigenvalue weighted by atomic mass is 10.3. The fraction of sp³-hybridized carbons (Fsp3) is 0. The van der Waals surface area contributed by atoms with Gasteiger partial charge in [0.15, 0.2) is 0 Å². The summed E-state index contributed by atoms with van der Waals surface area (Å²) in [4.78, 5) is 3.92. The van der Waals surface area contributed by atoms with Crippen LogP contribution in [0.2, 0.25) is 5.15 Å². The minimum Gasteiger partial charge on any atom is -0.244 e. The summed E-state index contributed by atoms with van der Waals surface area (Å²) in [5, 5.41) is 3.35. The minimum atomic E-state index is 0.541. The Morgan fingerprint density at radius 2 is 2.50 bits per heavy atom. The molecule has 0 fully saturated rings. The van der Waals surface area contributed by atoms with E-state index in [4.69, 9.17) is 11.6 Å². The second-order valence-corrected chi connectivity index (χ2v) is 3.12. The van der Waals surface area contributed by atoms with Gasteiger partial charge in [-0.3, -0.25) is 0 Å². The number of nitrogens with zero attached hydrogens (tertiary/aromatic N) is 1. The summed E-state index contributed by atoms with van der Waals surface area (Å²) in [7, 11) is 0. The van der Waals surface area contributed by atoms with E-state index in [2.05, 4.69) is 11.1 Å². The fourth-order valence-electron chi connectivity index (χ4n) is 0.801. The van der Waals surface area contributed by atoms with E-state index in [9.17, 15) is 0 Å². The van der Waals surface area contributed by atoms with Crippen LogP contribution >= 0.6 is 22.9 Å². The van der Waals surface area contributed by atoms with Crippen molar-refractivity contribution in [1.82, 2.24) is 4.98 Å². The van der Waals surface area contributed by atoms with Crippen LogP contribution in [0.3, 0.4) is 0 Å². The van der Waals surface area contributed by atoms with Crippen molar-refractivity contribution in [3.63, 3.8) is 0 Å². The van der Waals surface area contributed by atoms with Crippen LogP contribution in [0.25, 0.3) is 10.1 Å². The van der Waals surface area contributed by atoms with Crippen LogP contribution in [-0.2, 0) is 0 Å². The lowest BCUT2D eigenvalue weighted by Gasteiger charge is -1.88. The maximum atomic E-state index is 5.76. The van der Waals surface area contributed by atoms with E-state index >= 15 is 0 Å². The molecule has 0 aromatic carbocycles. The normalized spacial score (nSPS) is 10.5. The molecule has 49 valence electrons. The lowest BCUT2D eigenvalue weighted by Crippen LogP contribution is -1.71. The molecule has 10 heavy (non-hydrogen) atoms. The average molecular weight is 169 g/mol. The van der Waals surface area contributed by atoms with Crippen LogP contribution in [0.15, 0.2) is 17.6 Å². The molecule has 0 spiro atoms. The van der Waals surface area contributed by atoms with Gasteiger partial charge in [-0.05, 0) is 11.4 Å². The van der Waals surface area contributed by atoms with Crippen molar-refractivity contribution in [3.8, 4) is 0 Å². The number of fused-ring (bicyclic) bond motifs is 1. The highest BCUT2D eigenvalue weighted by atomic mass is 35.5. The van der Waals surface area contributed by atoms with E-state index in [0.717, 1.165) is 10.1 Å². The molecule has 2 aromatic heterocycles. The van der Waals surface area contributed by atoms with Crippen LogP contribution in [0.5, 0.6) is 0 Å². The molecule has 1 nitrogen and oxygen atoms in total. The van der Waals surface area contributed by atoms with Gasteiger partial charge >= 0.3 is 0 Å². The van der Waals surface area contributed by atoms with E-state index in [-0.39, 0.29) is 0 Å². The van der Waals surface area contributed by atoms with Crippen LogP contribution in [0.4, 0.5) is 0 Å². The predicted molar refractivity (Wildman–Crippen MR) is 43.5 cm³/mol. The summed E-state index contributed by atoms with van der Waals surface area (Å²) in [5.41, 5.74) is 0. The number of hydrogen-bond acceptors (Lipinski definition) is 2. The number of aromatic nitrogens is 1. The molecule has 0 atom stereocenters. The molecule has 1 radical (unpaired) electrons. The zero-order chi connectivity index (χ0) is 6.97. The lowest BCUT2D eigenvalue weighted by molar-refractivity contribution is 1.37. The molecule has 0 bridgehead atoms. The van der Waals surface area contributed by atoms with Crippen molar-refractivity contribution in [2.24, 2.45) is 0 Å². The highest BCUT2D eigenvalue weighted by molar-refractivity contribution is 7.17. The van der Waals surface area contributed by atoms with Gasteiger partial charge in [0.05, 0.1) is 0 Å². The third-order valence-corrected chi connectivity index (χ3v) is 2.37. The highest BCUT2D eigenvalue weighted by Crippen LogP contribution is 2.24. The molecule has 2 heterocycles. The van der Waals surface area contributed by atoms with E-state index in [0.29, 0.717) is 5.15 Å². The topological polar surface area (TPSA) is 12.9 Å². The van der Waals surface area contributed by atoms with Crippen LogP contribution in [0, 0.1) is 6.07 Å². The summed E-state index contributed by atoms with van der Waals surface area (Å²) < 4.78 is 1.14. The Hall–Kier alpha value is -0.600. The van der Waals surface area contributed by atoms with Gasteiger partial charge in [-0.25, -0.2) is 4.98 Å². The van der Waals surface area contributed by atoms with Crippen molar-refractivity contribution in [2.75, 3.05) is 0 Å². The van der Waals surface area contributed by atoms with Crippen molar-refractivity contribution in [1.29, 1.82) is 0 Å². The van der Waals surface area contributed by atoms with Crippen LogP contribution in [0.1, 0.15) is 0 Å². The highest BCUT2D eigenvalue weighted by Gasteiger charge is 1.98. The van der Waals surface area contributed by atoms with Gasteiger partial charge < -0.3 is 0 Å². The van der Waals surface area contributed by atoms with Crippen molar-refractivity contribution in [2.45, 2.75) is 0 Å². The maximum absolute atomic E-state index is 5.76. The molecule has 2 rings (SSSR count). The summed E-state index contributed by atoms with van der Waals surface area (Å²) in [6, 6.07) is 4.94. The molecule has 2 aromatic rings. The molecule has 3 heteroatoms. The first kappa shape index (κ1) is 6.13. The summed E-state index contributed by atoms with van der Waals surface area (Å²) in [6.07, 6.45) is 1.70. The number of hydrogen-bond donors (Lipinski definition) is 0. The Balaban J connectivity index is 2.95. The molecule has 0 aliphatic heterocycles. The molecule has 0 aliphatic carbocycles. The molecular formula is C7H3ClNS. The quantitative estimate of drug-likeness (QED) is 0.552. The number of pyridine rings is 1. The number of thiophene rings is 1. The monoisotopic (exact) mass is 168 g/mol. The molecule has 0 N–H and O–H groups in total. The first-order chi connectivity index (χ1) is 4.88. The van der Waals surface area contributed by atoms with E-state index in [1.165, 1.54) is 0 Å². The Labute approximate surface area is 67.3 Å². The predicted octanol–water partition coefficient (Wildman–Crippen LogP) is 2.75. The summed E-state index contributed by atoms with van der Waals surface area (Å²) in [5.74, 6) is 0. The SMILES string of the molecule is Clc1nccc2sc[c]c12. The Kier molecular flexibility index (Phi) is 1.36. The van der Waals surface area contributed by atoms with Gasteiger partial charge in [0.1, 0.15) is 5.15 Å². The van der Waals surface area contributed by atoms with Crippen LogP contribution < -0.4 is 0 Å². The second-order valence-electron chi connectivity index (χ2n) is 1.85. The maximum Gasteiger partial charge on any atom is 0.138 e. The van der Waals surface area contributed by atoms with Gasteiger partial charge in [0.25, 0.3) is 0 Å². The van der Waals surface area contributed by atoms with E-state index < -0.39 is 0 Å². The summed E-state index contributed by atoms with van der Waals surface area (Å²) in [6.45, 7) is 0. The average Bonchev–Trinajstić information content (AvgIpc) is 2.36. The Morgan fingerprint density at radius 3 is 3.30 bits per heavy atom. The van der Waals surface area contributed by atoms with Gasteiger partial charge in [0.2, 0.25) is 0 Å². The first-order valence-corrected chi connectivity index (χ1v) is 4.03. The standard InChI is InChI=1S/C7H3ClNS/c8-7-5-2-4-10-6(5)1-3-9-7/h1,3-4H. The third-order valence-electron chi connectivity index (χ3n) is 1.26. The Bertz CT molecular complexity index is 355. The van der Waals surface area contributed by atoms with Gasteiger partial charge in [-0.15, -0.1) is 11.3 Å². The molecule has 0 amide bonds. The molecule has 0 saturated heterocycles. The van der Waals surface area contributed by atoms with Crippen molar-refractivity contribution in [3.05, 3.63) is 28.9 Å². The summed E-state index contributed by atoms with van der Waals surface area (Å²) >= 11 is 7.38. The van der Waals surface area contributed by atoms with Gasteiger partial charge in [0, 0.05) is 22.3 Å². The van der Waals surface area contributed by atoms with Crippen LogP contribution in [-0.4, -0.2) is 4.98 Å². The van der Waals surface area contributed by atoms with Gasteiger partial charge in [-0.1, -0.05) is 11.6 Å². The zero-order valence-electron chi connectivity index (χ0n) is 4.97. The molecule has 0 saturated carbocycles. The largest absolute Gasteiger partial charge is 0.244 e. The van der Waals surface area contributed by atoms with Gasteiger partial charge in [-0.2, -0.15) is 0 Å². The van der Waals surface area contributed by atoms with Crippen molar-refractivity contribution >= 4 is 33.0 Å². The molecular weight excluding hydrogens is 166 g/mol. The van der Waals surface area contributed by atoms with E-state index in [1.54, 1.807) is 17.5 Å². The second kappa shape index (κ2) is 2.22. The van der Waals surface area contributed by atoms with Crippen molar-refractivity contribution < 1.29 is 0 Å². The molecule has 0 unspecified atom stereocenters. The fourth-order valence-corrected chi connectivity index (χ4v) is 1.79. The first-order valence-electron chi connectivity index (χ1n) is 2.77. The smallest absolute Gasteiger partial charge is 0.138 e. The molecule has 0 aliphatic rings.